The van der Waals surface area contributed by atoms with Crippen molar-refractivity contribution in [3.63, 3.8) is 0 Å². The van der Waals surface area contributed by atoms with Crippen LogP contribution in [0.15, 0.2) is 164 Å². The van der Waals surface area contributed by atoms with Crippen LogP contribution in [0.3, 0.4) is 0 Å². The van der Waals surface area contributed by atoms with E-state index in [1.54, 1.807) is 0 Å². The van der Waals surface area contributed by atoms with Crippen LogP contribution in [0.25, 0.3) is 92.2 Å². The number of hydrogen-bond acceptors (Lipinski definition) is 1. The highest BCUT2D eigenvalue weighted by molar-refractivity contribution is 7.26. The van der Waals surface area contributed by atoms with E-state index in [9.17, 15) is 0 Å². The summed E-state index contributed by atoms with van der Waals surface area (Å²) in [6.07, 6.45) is 0. The molecule has 12 rings (SSSR count). The number of thiophene rings is 1. The predicted molar refractivity (Wildman–Crippen MR) is 240 cm³/mol. The lowest BCUT2D eigenvalue weighted by Gasteiger charge is -2.22. The average Bonchev–Trinajstić information content (AvgIpc) is 3.91. The van der Waals surface area contributed by atoms with Crippen molar-refractivity contribution in [1.29, 1.82) is 0 Å². The molecule has 2 heterocycles. The molecule has 10 aromatic rings. The van der Waals surface area contributed by atoms with Crippen molar-refractivity contribution >= 4 is 53.3 Å². The molecule has 0 bridgehead atoms. The first-order chi connectivity index (χ1) is 27.3. The number of aromatic nitrogens is 1. The van der Waals surface area contributed by atoms with E-state index in [1.807, 2.05) is 11.3 Å². The van der Waals surface area contributed by atoms with Gasteiger partial charge in [-0.05, 0) is 110 Å². The monoisotopic (exact) mass is 733 g/mol. The van der Waals surface area contributed by atoms with Crippen LogP contribution in [-0.4, -0.2) is 4.57 Å². The number of benzene rings is 8. The highest BCUT2D eigenvalue weighted by Gasteiger charge is 2.38. The molecule has 0 N–H and O–H groups in total. The van der Waals surface area contributed by atoms with Crippen LogP contribution < -0.4 is 0 Å². The number of nitrogens with zero attached hydrogens (tertiary/aromatic N) is 1. The maximum Gasteiger partial charge on any atom is 0.0541 e. The lowest BCUT2D eigenvalue weighted by atomic mass is 9.82. The van der Waals surface area contributed by atoms with E-state index >= 15 is 0 Å². The molecule has 0 amide bonds. The summed E-state index contributed by atoms with van der Waals surface area (Å²) in [4.78, 5) is 0. The molecule has 2 aliphatic rings. The third kappa shape index (κ3) is 4.25. The zero-order valence-electron chi connectivity index (χ0n) is 31.9. The molecule has 0 radical (unpaired) electrons. The van der Waals surface area contributed by atoms with Gasteiger partial charge < -0.3 is 4.57 Å². The summed E-state index contributed by atoms with van der Waals surface area (Å²) in [6.45, 7) is 9.52. The van der Waals surface area contributed by atoms with Crippen molar-refractivity contribution in [3.8, 4) is 50.2 Å². The Morgan fingerprint density at radius 1 is 0.393 bits per heavy atom. The topological polar surface area (TPSA) is 4.93 Å². The minimum atomic E-state index is -0.0729. The van der Waals surface area contributed by atoms with Crippen LogP contribution >= 0.6 is 11.3 Å². The molecule has 0 spiro atoms. The van der Waals surface area contributed by atoms with E-state index in [0.29, 0.717) is 0 Å². The van der Waals surface area contributed by atoms with E-state index < -0.39 is 0 Å². The van der Waals surface area contributed by atoms with Crippen LogP contribution in [0.4, 0.5) is 0 Å². The summed E-state index contributed by atoms with van der Waals surface area (Å²) in [6, 6.07) is 61.8. The minimum Gasteiger partial charge on any atom is -0.309 e. The zero-order chi connectivity index (χ0) is 37.5. The number of fused-ring (bicyclic) bond motifs is 13. The first-order valence-corrected chi connectivity index (χ1v) is 20.6. The summed E-state index contributed by atoms with van der Waals surface area (Å²) in [5.41, 5.74) is 19.6. The van der Waals surface area contributed by atoms with Gasteiger partial charge in [-0.2, -0.15) is 0 Å². The van der Waals surface area contributed by atoms with Gasteiger partial charge in [-0.15, -0.1) is 11.3 Å². The van der Waals surface area contributed by atoms with Gasteiger partial charge in [0, 0.05) is 53.0 Å². The highest BCUT2D eigenvalue weighted by Crippen LogP contribution is 2.55. The quantitative estimate of drug-likeness (QED) is 0.170. The highest BCUT2D eigenvalue weighted by atomic mass is 32.1. The van der Waals surface area contributed by atoms with Gasteiger partial charge in [0.05, 0.1) is 11.0 Å². The Morgan fingerprint density at radius 3 is 1.80 bits per heavy atom. The van der Waals surface area contributed by atoms with Crippen molar-refractivity contribution in [2.45, 2.75) is 38.5 Å². The minimum absolute atomic E-state index is 0.0649. The van der Waals surface area contributed by atoms with E-state index in [1.165, 1.54) is 114 Å². The van der Waals surface area contributed by atoms with Crippen molar-refractivity contribution in [2.75, 3.05) is 0 Å². The molecule has 266 valence electrons. The number of hydrogen-bond donors (Lipinski definition) is 0. The lowest BCUT2D eigenvalue weighted by Crippen LogP contribution is -2.15. The third-order valence-corrected chi connectivity index (χ3v) is 14.4. The molecule has 0 fully saturated rings. The molecular formula is C54H39NS. The first kappa shape index (κ1) is 32.1. The summed E-state index contributed by atoms with van der Waals surface area (Å²) in [5, 5.41) is 5.25. The molecule has 0 aliphatic heterocycles. The van der Waals surface area contributed by atoms with Gasteiger partial charge in [0.15, 0.2) is 0 Å². The second-order valence-electron chi connectivity index (χ2n) is 16.9. The summed E-state index contributed by atoms with van der Waals surface area (Å²) in [5.74, 6) is 0. The van der Waals surface area contributed by atoms with Crippen molar-refractivity contribution in [1.82, 2.24) is 4.57 Å². The fourth-order valence-corrected chi connectivity index (χ4v) is 11.6. The van der Waals surface area contributed by atoms with Crippen LogP contribution in [0, 0.1) is 0 Å². The Balaban J connectivity index is 1.07. The summed E-state index contributed by atoms with van der Waals surface area (Å²) < 4.78 is 5.24. The zero-order valence-corrected chi connectivity index (χ0v) is 32.8. The van der Waals surface area contributed by atoms with Gasteiger partial charge in [0.25, 0.3) is 0 Å². The average molecular weight is 734 g/mol. The fourth-order valence-electron chi connectivity index (χ4n) is 10.3. The van der Waals surface area contributed by atoms with E-state index in [2.05, 4.69) is 196 Å². The van der Waals surface area contributed by atoms with Gasteiger partial charge in [-0.1, -0.05) is 143 Å². The SMILES string of the molecule is CC1(C)c2ccccc2-c2ccc(-n3c4ccc(-c5ccccc5)cc4c4cc(-c5ccc6c(c5)-c5c(ccc7c5sc5ccccc57)C6(C)C)ccc43)cc21. The molecule has 2 heteroatoms. The molecule has 0 saturated carbocycles. The van der Waals surface area contributed by atoms with Gasteiger partial charge in [-0.3, -0.25) is 0 Å². The predicted octanol–water partition coefficient (Wildman–Crippen LogP) is 15.1. The largest absolute Gasteiger partial charge is 0.309 e. The molecule has 2 aromatic heterocycles. The molecule has 0 saturated heterocycles. The van der Waals surface area contributed by atoms with E-state index in [-0.39, 0.29) is 10.8 Å². The van der Waals surface area contributed by atoms with Gasteiger partial charge in [0.2, 0.25) is 0 Å². The number of rotatable bonds is 3. The maximum absolute atomic E-state index is 2.49. The molecule has 8 aromatic carbocycles. The molecule has 56 heavy (non-hydrogen) atoms. The summed E-state index contributed by atoms with van der Waals surface area (Å²) >= 11 is 1.94. The smallest absolute Gasteiger partial charge is 0.0541 e. The van der Waals surface area contributed by atoms with Crippen molar-refractivity contribution < 1.29 is 0 Å². The molecule has 0 atom stereocenters. The second kappa shape index (κ2) is 11.2. The van der Waals surface area contributed by atoms with Crippen molar-refractivity contribution in [2.24, 2.45) is 0 Å². The van der Waals surface area contributed by atoms with Crippen LogP contribution in [0.1, 0.15) is 49.9 Å². The first-order valence-electron chi connectivity index (χ1n) is 19.8. The molecule has 1 nitrogen and oxygen atoms in total. The van der Waals surface area contributed by atoms with Crippen LogP contribution in [0.2, 0.25) is 0 Å². The normalized spacial score (nSPS) is 14.7. The second-order valence-corrected chi connectivity index (χ2v) is 18.0. The Morgan fingerprint density at radius 2 is 1.00 bits per heavy atom. The van der Waals surface area contributed by atoms with E-state index in [0.717, 1.165) is 0 Å². The fraction of sp³-hybridized carbons (Fsp3) is 0.111. The van der Waals surface area contributed by atoms with Crippen LogP contribution in [0.5, 0.6) is 0 Å². The van der Waals surface area contributed by atoms with Gasteiger partial charge in [-0.25, -0.2) is 0 Å². The molecule has 0 unspecified atom stereocenters. The standard InChI is InChI=1S/C54H39NS/c1-53(2)45-24-18-34(30-43(45)51-46(53)25-23-40-39-15-9-11-17-50(39)56-52(40)51)35-20-27-49-42(29-35)41-28-33(32-12-6-5-7-13-32)19-26-48(41)55(49)36-21-22-38-37-14-8-10-16-44(37)54(3,4)47(38)31-36/h5-31H,1-4H3. The van der Waals surface area contributed by atoms with Gasteiger partial charge >= 0.3 is 0 Å². The van der Waals surface area contributed by atoms with Crippen molar-refractivity contribution in [3.05, 3.63) is 186 Å². The molecule has 2 aliphatic carbocycles. The molecular weight excluding hydrogens is 695 g/mol. The Kier molecular flexibility index (Phi) is 6.40. The maximum atomic E-state index is 2.49. The summed E-state index contributed by atoms with van der Waals surface area (Å²) in [7, 11) is 0. The lowest BCUT2D eigenvalue weighted by molar-refractivity contribution is 0.660. The third-order valence-electron chi connectivity index (χ3n) is 13.2. The Hall–Kier alpha value is -6.22. The Labute approximate surface area is 331 Å². The van der Waals surface area contributed by atoms with E-state index in [4.69, 9.17) is 0 Å². The van der Waals surface area contributed by atoms with Gasteiger partial charge in [0.1, 0.15) is 0 Å². The Bertz CT molecular complexity index is 3300. The van der Waals surface area contributed by atoms with Crippen LogP contribution in [-0.2, 0) is 10.8 Å².